The molecule has 1 aromatic heterocycles. The molecule has 41 heavy (non-hydrogen) atoms. The number of rotatable bonds is 8. The summed E-state index contributed by atoms with van der Waals surface area (Å²) in [5.74, 6) is -0.324. The average Bonchev–Trinajstić information content (AvgIpc) is 2.97. The lowest BCUT2D eigenvalue weighted by molar-refractivity contribution is -0.139. The van der Waals surface area contributed by atoms with Crippen molar-refractivity contribution in [2.45, 2.75) is 38.6 Å². The highest BCUT2D eigenvalue weighted by Crippen LogP contribution is 2.29. The Morgan fingerprint density at radius 2 is 1.46 bits per heavy atom. The number of amides is 1. The van der Waals surface area contributed by atoms with Gasteiger partial charge in [-0.15, -0.1) is 0 Å². The minimum Gasteiger partial charge on any atom is -0.480 e. The second-order valence-corrected chi connectivity index (χ2v) is 11.1. The van der Waals surface area contributed by atoms with Gasteiger partial charge in [-0.05, 0) is 69.5 Å². The highest BCUT2D eigenvalue weighted by molar-refractivity contribution is 5.98. The molecule has 5 aromatic rings. The van der Waals surface area contributed by atoms with E-state index in [2.05, 4.69) is 43.2 Å². The first-order valence-corrected chi connectivity index (χ1v) is 13.5. The summed E-state index contributed by atoms with van der Waals surface area (Å²) in [6.45, 7) is 6.49. The second kappa shape index (κ2) is 11.6. The van der Waals surface area contributed by atoms with Crippen molar-refractivity contribution in [1.82, 2.24) is 10.3 Å². The summed E-state index contributed by atoms with van der Waals surface area (Å²) in [6, 6.07) is 31.7. The van der Waals surface area contributed by atoms with E-state index in [4.69, 9.17) is 4.74 Å². The zero-order chi connectivity index (χ0) is 29.0. The molecule has 0 spiro atoms. The Kier molecular flexibility index (Phi) is 7.83. The van der Waals surface area contributed by atoms with E-state index >= 15 is 0 Å². The van der Waals surface area contributed by atoms with Crippen molar-refractivity contribution in [2.24, 2.45) is 0 Å². The molecule has 0 aliphatic carbocycles. The number of hydrogen-bond acceptors (Lipinski definition) is 4. The van der Waals surface area contributed by atoms with Gasteiger partial charge in [-0.2, -0.15) is 0 Å². The Morgan fingerprint density at radius 1 is 0.805 bits per heavy atom. The van der Waals surface area contributed by atoms with Gasteiger partial charge < -0.3 is 15.2 Å². The summed E-state index contributed by atoms with van der Waals surface area (Å²) in [4.78, 5) is 29.3. The van der Waals surface area contributed by atoms with Crippen molar-refractivity contribution < 1.29 is 19.4 Å². The number of ether oxygens (including phenoxy) is 1. The molecule has 6 nitrogen and oxygen atoms in total. The van der Waals surface area contributed by atoms with Gasteiger partial charge in [0.2, 0.25) is 0 Å². The van der Waals surface area contributed by atoms with Crippen molar-refractivity contribution in [3.8, 4) is 22.6 Å². The van der Waals surface area contributed by atoms with Crippen LogP contribution >= 0.6 is 0 Å². The van der Waals surface area contributed by atoms with Crippen LogP contribution in [0.3, 0.4) is 0 Å². The molecule has 0 saturated heterocycles. The zero-order valence-corrected chi connectivity index (χ0v) is 23.3. The Bertz CT molecular complexity index is 1670. The fraction of sp³-hybridized carbons (Fsp3) is 0.171. The predicted octanol–water partition coefficient (Wildman–Crippen LogP) is 7.42. The number of pyridine rings is 1. The minimum absolute atomic E-state index is 0.0537. The molecule has 2 N–H and O–H groups in total. The summed E-state index contributed by atoms with van der Waals surface area (Å²) in [5.41, 5.74) is 4.33. The molecule has 0 unspecified atom stereocenters. The summed E-state index contributed by atoms with van der Waals surface area (Å²) < 4.78 is 6.05. The van der Waals surface area contributed by atoms with Gasteiger partial charge in [0.1, 0.15) is 23.2 Å². The van der Waals surface area contributed by atoms with E-state index in [1.165, 1.54) is 5.56 Å². The highest BCUT2D eigenvalue weighted by atomic mass is 16.5. The number of benzene rings is 4. The number of nitrogens with one attached hydrogen (secondary N) is 1. The number of fused-ring (bicyclic) bond motifs is 1. The topological polar surface area (TPSA) is 88.5 Å². The van der Waals surface area contributed by atoms with Gasteiger partial charge >= 0.3 is 5.97 Å². The third kappa shape index (κ3) is 6.79. The van der Waals surface area contributed by atoms with Crippen molar-refractivity contribution in [2.75, 3.05) is 0 Å². The van der Waals surface area contributed by atoms with Gasteiger partial charge in [0, 0.05) is 18.0 Å². The molecule has 0 bridgehead atoms. The maximum atomic E-state index is 13.1. The molecule has 0 aliphatic heterocycles. The molecule has 0 saturated carbocycles. The zero-order valence-electron chi connectivity index (χ0n) is 23.3. The van der Waals surface area contributed by atoms with E-state index in [1.54, 1.807) is 12.3 Å². The summed E-state index contributed by atoms with van der Waals surface area (Å²) in [6.07, 6.45) is 1.75. The number of carboxylic acids is 1. The number of aliphatic carboxylic acids is 1. The third-order valence-electron chi connectivity index (χ3n) is 6.99. The molecular formula is C35H32N2O4. The maximum absolute atomic E-state index is 13.1. The van der Waals surface area contributed by atoms with Crippen LogP contribution in [0.2, 0.25) is 0 Å². The number of carbonyl (C=O) groups is 2. The number of carbonyl (C=O) groups excluding carboxylic acids is 1. The van der Waals surface area contributed by atoms with Crippen LogP contribution in [0.5, 0.6) is 11.5 Å². The highest BCUT2D eigenvalue weighted by Gasteiger charge is 2.22. The fourth-order valence-corrected chi connectivity index (χ4v) is 4.60. The Labute approximate surface area is 239 Å². The molecular weight excluding hydrogens is 512 g/mol. The maximum Gasteiger partial charge on any atom is 0.326 e. The fourth-order valence-electron chi connectivity index (χ4n) is 4.60. The molecule has 1 heterocycles. The van der Waals surface area contributed by atoms with E-state index in [1.807, 2.05) is 84.9 Å². The largest absolute Gasteiger partial charge is 0.480 e. The summed E-state index contributed by atoms with van der Waals surface area (Å²) >= 11 is 0. The Hall–Kier alpha value is -4.97. The van der Waals surface area contributed by atoms with Crippen LogP contribution in [0.15, 0.2) is 109 Å². The Morgan fingerprint density at radius 3 is 2.12 bits per heavy atom. The van der Waals surface area contributed by atoms with Crippen LogP contribution in [-0.2, 0) is 16.6 Å². The van der Waals surface area contributed by atoms with Gasteiger partial charge in [0.25, 0.3) is 5.91 Å². The smallest absolute Gasteiger partial charge is 0.326 e. The standard InChI is InChI=1S/C35H32N2O4/c1-35(2,3)28-14-17-29(18-15-28)41-30-16-13-26-22-36-31(21-27(26)20-30)33(38)37-32(34(39)40)19-23-9-11-25(12-10-23)24-7-5-4-6-8-24/h4-18,20-22,32H,19H2,1-3H3,(H,37,38)(H,39,40)/t32-/m1/s1. The number of hydrogen-bond donors (Lipinski definition) is 2. The van der Waals surface area contributed by atoms with Crippen molar-refractivity contribution in [3.05, 3.63) is 126 Å². The van der Waals surface area contributed by atoms with Crippen LogP contribution in [0.4, 0.5) is 0 Å². The first-order chi connectivity index (χ1) is 19.7. The first-order valence-electron chi connectivity index (χ1n) is 13.5. The van der Waals surface area contributed by atoms with Gasteiger partial charge in [0.15, 0.2) is 0 Å². The summed E-state index contributed by atoms with van der Waals surface area (Å²) in [7, 11) is 0. The monoisotopic (exact) mass is 544 g/mol. The lowest BCUT2D eigenvalue weighted by Crippen LogP contribution is -2.42. The summed E-state index contributed by atoms with van der Waals surface area (Å²) in [5, 5.41) is 14.1. The van der Waals surface area contributed by atoms with E-state index in [-0.39, 0.29) is 17.5 Å². The molecule has 5 rings (SSSR count). The first kappa shape index (κ1) is 27.6. The van der Waals surface area contributed by atoms with Gasteiger partial charge in [0.05, 0.1) is 0 Å². The molecule has 1 atom stereocenters. The predicted molar refractivity (Wildman–Crippen MR) is 161 cm³/mol. The SMILES string of the molecule is CC(C)(C)c1ccc(Oc2ccc3cnc(C(=O)N[C@H](Cc4ccc(-c5ccccc5)cc4)C(=O)O)cc3c2)cc1. The quantitative estimate of drug-likeness (QED) is 0.212. The van der Waals surface area contributed by atoms with Crippen molar-refractivity contribution >= 4 is 22.6 Å². The molecule has 206 valence electrons. The van der Waals surface area contributed by atoms with Gasteiger partial charge in [-0.25, -0.2) is 4.79 Å². The van der Waals surface area contributed by atoms with Crippen LogP contribution in [-0.4, -0.2) is 28.0 Å². The molecule has 0 radical (unpaired) electrons. The lowest BCUT2D eigenvalue weighted by atomic mass is 9.87. The minimum atomic E-state index is -1.11. The molecule has 1 amide bonds. The van der Waals surface area contributed by atoms with Crippen LogP contribution in [0, 0.1) is 0 Å². The van der Waals surface area contributed by atoms with Crippen LogP contribution in [0.1, 0.15) is 42.4 Å². The van der Waals surface area contributed by atoms with Crippen molar-refractivity contribution in [3.63, 3.8) is 0 Å². The Balaban J connectivity index is 1.28. The average molecular weight is 545 g/mol. The molecule has 0 aliphatic rings. The number of aromatic nitrogens is 1. The van der Waals surface area contributed by atoms with Crippen LogP contribution < -0.4 is 10.1 Å². The normalized spacial score (nSPS) is 12.1. The number of carboxylic acid groups (broad SMARTS) is 1. The van der Waals surface area contributed by atoms with E-state index in [9.17, 15) is 14.7 Å². The lowest BCUT2D eigenvalue weighted by Gasteiger charge is -2.19. The van der Waals surface area contributed by atoms with E-state index < -0.39 is 17.9 Å². The van der Waals surface area contributed by atoms with Crippen molar-refractivity contribution in [1.29, 1.82) is 0 Å². The van der Waals surface area contributed by atoms with E-state index in [0.717, 1.165) is 27.5 Å². The third-order valence-corrected chi connectivity index (χ3v) is 6.99. The molecule has 0 fully saturated rings. The van der Waals surface area contributed by atoms with Gasteiger partial charge in [-0.1, -0.05) is 87.5 Å². The second-order valence-electron chi connectivity index (χ2n) is 11.1. The molecule has 6 heteroatoms. The van der Waals surface area contributed by atoms with E-state index in [0.29, 0.717) is 11.5 Å². The van der Waals surface area contributed by atoms with Crippen LogP contribution in [0.25, 0.3) is 21.9 Å². The van der Waals surface area contributed by atoms with Gasteiger partial charge in [-0.3, -0.25) is 9.78 Å². The molecule has 4 aromatic carbocycles. The number of nitrogens with zero attached hydrogens (tertiary/aromatic N) is 1.